The van der Waals surface area contributed by atoms with Gasteiger partial charge in [0.2, 0.25) is 0 Å². The molecule has 35 heavy (non-hydrogen) atoms. The van der Waals surface area contributed by atoms with Crippen LogP contribution in [0.25, 0.3) is 10.8 Å². The molecular weight excluding hydrogens is 450 g/mol. The summed E-state index contributed by atoms with van der Waals surface area (Å²) in [4.78, 5) is 13.6. The third-order valence-corrected chi connectivity index (χ3v) is 8.24. The quantitative estimate of drug-likeness (QED) is 0.404. The molecule has 1 spiro atoms. The van der Waals surface area contributed by atoms with Crippen molar-refractivity contribution < 1.29 is 4.79 Å². The normalized spacial score (nSPS) is 17.3. The fourth-order valence-electron chi connectivity index (χ4n) is 5.59. The number of rotatable bonds is 5. The lowest BCUT2D eigenvalue weighted by atomic mass is 9.63. The minimum Gasteiger partial charge on any atom is -0.353 e. The molecule has 1 saturated carbocycles. The third kappa shape index (κ3) is 4.47. The maximum atomic E-state index is 13.6. The number of nitrogens with zero attached hydrogens (tertiary/aromatic N) is 1. The van der Waals surface area contributed by atoms with Gasteiger partial charge in [0, 0.05) is 28.1 Å². The van der Waals surface area contributed by atoms with E-state index in [2.05, 4.69) is 59.2 Å². The van der Waals surface area contributed by atoms with Gasteiger partial charge in [-0.3, -0.25) is 4.79 Å². The maximum absolute atomic E-state index is 13.6. The van der Waals surface area contributed by atoms with Crippen molar-refractivity contribution in [1.82, 2.24) is 5.32 Å². The molecule has 0 aromatic heterocycles. The van der Waals surface area contributed by atoms with Crippen LogP contribution in [0.2, 0.25) is 0 Å². The van der Waals surface area contributed by atoms with Gasteiger partial charge in [0.1, 0.15) is 0 Å². The summed E-state index contributed by atoms with van der Waals surface area (Å²) >= 11 is 1.67. The van der Waals surface area contributed by atoms with E-state index in [-0.39, 0.29) is 5.91 Å². The van der Waals surface area contributed by atoms with Crippen molar-refractivity contribution in [3.05, 3.63) is 100 Å². The molecule has 2 aliphatic rings. The van der Waals surface area contributed by atoms with Crippen LogP contribution < -0.4 is 10.6 Å². The number of anilines is 1. The standard InChI is InChI=1S/C30H29N3OS/c1-21-27(28(34)33-24-14-4-2-5-15-24)30(17-8-3-9-18-30)26(19-31)29(32-21)35-20-23-13-10-12-22-11-6-7-16-25(22)23/h2,4-7,10-16,32H,3,8-9,17-18,20H2,1H3,(H,33,34). The Morgan fingerprint density at radius 2 is 1.71 bits per heavy atom. The monoisotopic (exact) mass is 479 g/mol. The van der Waals surface area contributed by atoms with Crippen LogP contribution in [0.1, 0.15) is 44.6 Å². The van der Waals surface area contributed by atoms with E-state index >= 15 is 0 Å². The number of nitrogens with one attached hydrogen (secondary N) is 2. The maximum Gasteiger partial charge on any atom is 0.254 e. The van der Waals surface area contributed by atoms with Crippen LogP contribution in [0.15, 0.2) is 94.7 Å². The van der Waals surface area contributed by atoms with E-state index in [9.17, 15) is 10.1 Å². The van der Waals surface area contributed by atoms with Crippen molar-refractivity contribution in [3.63, 3.8) is 0 Å². The van der Waals surface area contributed by atoms with Gasteiger partial charge >= 0.3 is 0 Å². The molecule has 1 aliphatic heterocycles. The number of fused-ring (bicyclic) bond motifs is 1. The van der Waals surface area contributed by atoms with Crippen molar-refractivity contribution in [3.8, 4) is 6.07 Å². The van der Waals surface area contributed by atoms with Crippen LogP contribution in [-0.4, -0.2) is 5.91 Å². The minimum atomic E-state index is -0.539. The fourth-order valence-corrected chi connectivity index (χ4v) is 6.75. The van der Waals surface area contributed by atoms with E-state index in [1.165, 1.54) is 16.3 Å². The van der Waals surface area contributed by atoms with Gasteiger partial charge in [-0.05, 0) is 48.2 Å². The SMILES string of the molecule is CC1=C(C(=O)Nc2ccccc2)C2(CCCCC2)C(C#N)=C(SCc2cccc3ccccc23)N1. The topological polar surface area (TPSA) is 64.9 Å². The second kappa shape index (κ2) is 10.0. The molecule has 3 aromatic carbocycles. The molecule has 5 rings (SSSR count). The molecule has 3 aromatic rings. The molecule has 1 amide bonds. The first kappa shape index (κ1) is 23.3. The number of benzene rings is 3. The second-order valence-electron chi connectivity index (χ2n) is 9.33. The molecule has 1 heterocycles. The number of nitriles is 1. The van der Waals surface area contributed by atoms with Crippen LogP contribution in [0.3, 0.4) is 0 Å². The minimum absolute atomic E-state index is 0.117. The molecule has 1 fully saturated rings. The summed E-state index contributed by atoms with van der Waals surface area (Å²) in [7, 11) is 0. The van der Waals surface area contributed by atoms with Gasteiger partial charge in [0.25, 0.3) is 5.91 Å². The van der Waals surface area contributed by atoms with Crippen LogP contribution >= 0.6 is 11.8 Å². The molecule has 2 N–H and O–H groups in total. The number of dihydropyridines is 1. The van der Waals surface area contributed by atoms with Gasteiger partial charge in [-0.1, -0.05) is 79.9 Å². The van der Waals surface area contributed by atoms with Crippen LogP contribution in [0, 0.1) is 16.7 Å². The Morgan fingerprint density at radius 3 is 2.49 bits per heavy atom. The lowest BCUT2D eigenvalue weighted by Gasteiger charge is -2.43. The number of amides is 1. The molecule has 0 unspecified atom stereocenters. The molecule has 5 heteroatoms. The van der Waals surface area contributed by atoms with Gasteiger partial charge in [0.05, 0.1) is 16.7 Å². The van der Waals surface area contributed by atoms with Gasteiger partial charge in [-0.15, -0.1) is 11.8 Å². The summed E-state index contributed by atoms with van der Waals surface area (Å²) in [5.41, 5.74) is 3.74. The lowest BCUT2D eigenvalue weighted by Crippen LogP contribution is -2.41. The highest BCUT2D eigenvalue weighted by molar-refractivity contribution is 8.02. The summed E-state index contributed by atoms with van der Waals surface area (Å²) in [6.07, 6.45) is 4.82. The summed E-state index contributed by atoms with van der Waals surface area (Å²) in [6.45, 7) is 1.98. The molecule has 176 valence electrons. The number of allylic oxidation sites excluding steroid dienone is 2. The Hall–Kier alpha value is -3.49. The van der Waals surface area contributed by atoms with E-state index < -0.39 is 5.41 Å². The van der Waals surface area contributed by atoms with Crippen LogP contribution in [-0.2, 0) is 10.5 Å². The highest BCUT2D eigenvalue weighted by Gasteiger charge is 2.47. The van der Waals surface area contributed by atoms with Crippen molar-refractivity contribution in [2.45, 2.75) is 44.8 Å². The Kier molecular flexibility index (Phi) is 6.66. The van der Waals surface area contributed by atoms with Crippen molar-refractivity contribution in [2.75, 3.05) is 5.32 Å². The zero-order valence-electron chi connectivity index (χ0n) is 19.9. The number of carbonyl (C=O) groups is 1. The van der Waals surface area contributed by atoms with Crippen LogP contribution in [0.4, 0.5) is 5.69 Å². The number of para-hydroxylation sites is 1. The number of hydrogen-bond donors (Lipinski definition) is 2. The predicted molar refractivity (Wildman–Crippen MR) is 144 cm³/mol. The molecule has 0 saturated heterocycles. The Labute approximate surface area is 211 Å². The largest absolute Gasteiger partial charge is 0.353 e. The average Bonchev–Trinajstić information content (AvgIpc) is 2.88. The predicted octanol–water partition coefficient (Wildman–Crippen LogP) is 7.27. The highest BCUT2D eigenvalue weighted by Crippen LogP contribution is 2.53. The number of carbonyl (C=O) groups excluding carboxylic acids is 1. The second-order valence-corrected chi connectivity index (χ2v) is 10.3. The van der Waals surface area contributed by atoms with Crippen molar-refractivity contribution in [2.24, 2.45) is 5.41 Å². The van der Waals surface area contributed by atoms with Gasteiger partial charge in [0.15, 0.2) is 0 Å². The summed E-state index contributed by atoms with van der Waals surface area (Å²) < 4.78 is 0. The van der Waals surface area contributed by atoms with Gasteiger partial charge in [-0.2, -0.15) is 5.26 Å². The first-order chi connectivity index (χ1) is 17.1. The van der Waals surface area contributed by atoms with E-state index in [1.807, 2.05) is 37.3 Å². The first-order valence-corrected chi connectivity index (χ1v) is 13.2. The van der Waals surface area contributed by atoms with Gasteiger partial charge in [-0.25, -0.2) is 0 Å². The third-order valence-electron chi connectivity index (χ3n) is 7.19. The van der Waals surface area contributed by atoms with Gasteiger partial charge < -0.3 is 10.6 Å². The molecule has 1 aliphatic carbocycles. The summed E-state index contributed by atoms with van der Waals surface area (Å²) in [5.74, 6) is 0.637. The zero-order valence-corrected chi connectivity index (χ0v) is 20.8. The lowest BCUT2D eigenvalue weighted by molar-refractivity contribution is -0.114. The summed E-state index contributed by atoms with van der Waals surface area (Å²) in [6, 6.07) is 26.9. The fraction of sp³-hybridized carbons (Fsp3) is 0.267. The first-order valence-electron chi connectivity index (χ1n) is 12.2. The highest BCUT2D eigenvalue weighted by atomic mass is 32.2. The molecule has 4 nitrogen and oxygen atoms in total. The number of hydrogen-bond acceptors (Lipinski definition) is 4. The zero-order chi connectivity index (χ0) is 24.3. The van der Waals surface area contributed by atoms with E-state index in [4.69, 9.17) is 0 Å². The Morgan fingerprint density at radius 1 is 1.00 bits per heavy atom. The molecular formula is C30H29N3OS. The summed E-state index contributed by atoms with van der Waals surface area (Å²) in [5, 5.41) is 20.3. The van der Waals surface area contributed by atoms with E-state index in [1.54, 1.807) is 11.8 Å². The Bertz CT molecular complexity index is 1360. The van der Waals surface area contributed by atoms with Crippen molar-refractivity contribution >= 4 is 34.1 Å². The van der Waals surface area contributed by atoms with E-state index in [0.29, 0.717) is 11.1 Å². The number of thioether (sulfide) groups is 1. The van der Waals surface area contributed by atoms with Crippen molar-refractivity contribution in [1.29, 1.82) is 5.26 Å². The molecule has 0 atom stereocenters. The molecule has 0 bridgehead atoms. The van der Waals surface area contributed by atoms with E-state index in [0.717, 1.165) is 54.3 Å². The Balaban J connectivity index is 1.49. The average molecular weight is 480 g/mol. The van der Waals surface area contributed by atoms with Crippen LogP contribution in [0.5, 0.6) is 0 Å². The smallest absolute Gasteiger partial charge is 0.254 e. The molecule has 0 radical (unpaired) electrons.